The van der Waals surface area contributed by atoms with Crippen LogP contribution in [0.25, 0.3) is 0 Å². The average molecular weight is 220 g/mol. The van der Waals surface area contributed by atoms with E-state index in [0.29, 0.717) is 11.5 Å². The number of carbonyl (C=O) groups is 1. The summed E-state index contributed by atoms with van der Waals surface area (Å²) in [6.45, 7) is 0.735. The van der Waals surface area contributed by atoms with Gasteiger partial charge in [0.1, 0.15) is 5.82 Å². The lowest BCUT2D eigenvalue weighted by Gasteiger charge is -2.03. The molecule has 1 saturated carbocycles. The number of hydrogen-bond donors (Lipinski definition) is 2. The zero-order valence-corrected chi connectivity index (χ0v) is 9.36. The number of nitrogens with one attached hydrogen (secondary N) is 2. The van der Waals surface area contributed by atoms with Crippen LogP contribution in [0.5, 0.6) is 0 Å². The number of rotatable bonds is 5. The van der Waals surface area contributed by atoms with E-state index in [2.05, 4.69) is 20.8 Å². The van der Waals surface area contributed by atoms with Crippen LogP contribution in [0.2, 0.25) is 0 Å². The number of amides is 1. The van der Waals surface area contributed by atoms with E-state index in [1.807, 2.05) is 0 Å². The Morgan fingerprint density at radius 3 is 2.81 bits per heavy atom. The van der Waals surface area contributed by atoms with E-state index < -0.39 is 0 Å². The monoisotopic (exact) mass is 220 g/mol. The summed E-state index contributed by atoms with van der Waals surface area (Å²) in [5.74, 6) is 1.35. The normalized spacial score (nSPS) is 14.6. The topological polar surface area (TPSA) is 66.9 Å². The maximum Gasteiger partial charge on any atom is 0.271 e. The van der Waals surface area contributed by atoms with E-state index in [-0.39, 0.29) is 5.91 Å². The smallest absolute Gasteiger partial charge is 0.271 e. The minimum absolute atomic E-state index is 0.143. The van der Waals surface area contributed by atoms with Crippen LogP contribution < -0.4 is 10.6 Å². The van der Waals surface area contributed by atoms with Crippen LogP contribution in [0.4, 0.5) is 5.82 Å². The van der Waals surface area contributed by atoms with E-state index in [9.17, 15) is 4.79 Å². The molecule has 2 N–H and O–H groups in total. The quantitative estimate of drug-likeness (QED) is 0.778. The Kier molecular flexibility index (Phi) is 3.34. The van der Waals surface area contributed by atoms with Gasteiger partial charge in [-0.05, 0) is 24.5 Å². The van der Waals surface area contributed by atoms with Crippen molar-refractivity contribution in [3.05, 3.63) is 17.8 Å². The van der Waals surface area contributed by atoms with Gasteiger partial charge in [-0.25, -0.2) is 0 Å². The summed E-state index contributed by atoms with van der Waals surface area (Å²) in [6, 6.07) is 3.41. The van der Waals surface area contributed by atoms with Crippen LogP contribution in [-0.2, 0) is 0 Å². The number of hydrogen-bond acceptors (Lipinski definition) is 4. The predicted octanol–water partition coefficient (Wildman–Crippen LogP) is 1.05. The molecule has 86 valence electrons. The van der Waals surface area contributed by atoms with Crippen molar-refractivity contribution < 1.29 is 4.79 Å². The number of anilines is 1. The third-order valence-electron chi connectivity index (χ3n) is 2.69. The molecule has 0 unspecified atom stereocenters. The van der Waals surface area contributed by atoms with E-state index in [4.69, 9.17) is 0 Å². The third kappa shape index (κ3) is 2.92. The Morgan fingerprint density at radius 2 is 2.25 bits per heavy atom. The molecule has 1 aromatic rings. The van der Waals surface area contributed by atoms with Gasteiger partial charge in [-0.15, -0.1) is 10.2 Å². The average Bonchev–Trinajstić information content (AvgIpc) is 3.13. The Bertz CT molecular complexity index is 359. The summed E-state index contributed by atoms with van der Waals surface area (Å²) in [4.78, 5) is 11.6. The number of nitrogens with zero attached hydrogens (tertiary/aromatic N) is 2. The first-order valence-electron chi connectivity index (χ1n) is 5.59. The van der Waals surface area contributed by atoms with Crippen molar-refractivity contribution in [3.63, 3.8) is 0 Å². The van der Waals surface area contributed by atoms with Crippen LogP contribution >= 0.6 is 0 Å². The van der Waals surface area contributed by atoms with Crippen molar-refractivity contribution in [2.24, 2.45) is 5.92 Å². The van der Waals surface area contributed by atoms with E-state index in [0.717, 1.165) is 18.9 Å². The molecule has 2 rings (SSSR count). The molecule has 1 amide bonds. The fourth-order valence-corrected chi connectivity index (χ4v) is 1.47. The van der Waals surface area contributed by atoms with Crippen molar-refractivity contribution >= 4 is 11.7 Å². The molecule has 1 fully saturated rings. The minimum Gasteiger partial charge on any atom is -0.372 e. The predicted molar refractivity (Wildman–Crippen MR) is 61.3 cm³/mol. The van der Waals surface area contributed by atoms with Crippen molar-refractivity contribution in [1.82, 2.24) is 15.5 Å². The van der Waals surface area contributed by atoms with Gasteiger partial charge < -0.3 is 10.6 Å². The van der Waals surface area contributed by atoms with Gasteiger partial charge in [-0.2, -0.15) is 0 Å². The molecule has 0 radical (unpaired) electrons. The molecule has 16 heavy (non-hydrogen) atoms. The van der Waals surface area contributed by atoms with Gasteiger partial charge in [-0.3, -0.25) is 4.79 Å². The second kappa shape index (κ2) is 4.92. The Labute approximate surface area is 94.6 Å². The third-order valence-corrected chi connectivity index (χ3v) is 2.69. The lowest BCUT2D eigenvalue weighted by molar-refractivity contribution is 0.0946. The zero-order chi connectivity index (χ0) is 11.4. The van der Waals surface area contributed by atoms with E-state index >= 15 is 0 Å². The number of carbonyl (C=O) groups excluding carboxylic acids is 1. The maximum atomic E-state index is 11.6. The standard InChI is InChI=1S/C11H16N4O/c1-12-10-5-4-9(14-15-10)11(16)13-7-6-8-2-3-8/h4-5,8H,2-3,6-7H2,1H3,(H,12,15)(H,13,16). The first-order valence-corrected chi connectivity index (χ1v) is 5.59. The summed E-state index contributed by atoms with van der Waals surface area (Å²) in [5, 5.41) is 13.4. The molecule has 0 bridgehead atoms. The Hall–Kier alpha value is -1.65. The highest BCUT2D eigenvalue weighted by Gasteiger charge is 2.20. The molecule has 0 aromatic carbocycles. The Morgan fingerprint density at radius 1 is 1.44 bits per heavy atom. The molecule has 5 heteroatoms. The first-order chi connectivity index (χ1) is 7.79. The number of aromatic nitrogens is 2. The highest BCUT2D eigenvalue weighted by atomic mass is 16.1. The second-order valence-corrected chi connectivity index (χ2v) is 4.04. The van der Waals surface area contributed by atoms with Crippen LogP contribution in [-0.4, -0.2) is 29.7 Å². The highest BCUT2D eigenvalue weighted by Crippen LogP contribution is 2.31. The molecule has 0 spiro atoms. The molecule has 5 nitrogen and oxygen atoms in total. The Balaban J connectivity index is 1.81. The fraction of sp³-hybridized carbons (Fsp3) is 0.545. The summed E-state index contributed by atoms with van der Waals surface area (Å²) < 4.78 is 0. The van der Waals surface area contributed by atoms with Crippen LogP contribution in [0.1, 0.15) is 29.8 Å². The highest BCUT2D eigenvalue weighted by molar-refractivity contribution is 5.92. The molecule has 0 aliphatic heterocycles. The first kappa shape index (κ1) is 10.9. The molecule has 1 heterocycles. The van der Waals surface area contributed by atoms with Crippen LogP contribution in [0.15, 0.2) is 12.1 Å². The molecule has 0 saturated heterocycles. The molecule has 1 aliphatic rings. The summed E-state index contributed by atoms with van der Waals surface area (Å²) >= 11 is 0. The molecular weight excluding hydrogens is 204 g/mol. The lowest BCUT2D eigenvalue weighted by atomic mass is 10.3. The van der Waals surface area contributed by atoms with Crippen molar-refractivity contribution in [2.75, 3.05) is 18.9 Å². The van der Waals surface area contributed by atoms with E-state index in [1.54, 1.807) is 19.2 Å². The minimum atomic E-state index is -0.143. The van der Waals surface area contributed by atoms with Gasteiger partial charge in [0, 0.05) is 13.6 Å². The summed E-state index contributed by atoms with van der Waals surface area (Å²) in [6.07, 6.45) is 3.70. The summed E-state index contributed by atoms with van der Waals surface area (Å²) in [5.41, 5.74) is 0.370. The van der Waals surface area contributed by atoms with Gasteiger partial charge in [0.25, 0.3) is 5.91 Å². The van der Waals surface area contributed by atoms with Gasteiger partial charge in [-0.1, -0.05) is 12.8 Å². The van der Waals surface area contributed by atoms with Gasteiger partial charge in [0.2, 0.25) is 0 Å². The van der Waals surface area contributed by atoms with Crippen molar-refractivity contribution in [3.8, 4) is 0 Å². The largest absolute Gasteiger partial charge is 0.372 e. The lowest BCUT2D eigenvalue weighted by Crippen LogP contribution is -2.25. The fourth-order valence-electron chi connectivity index (χ4n) is 1.47. The van der Waals surface area contributed by atoms with Crippen LogP contribution in [0.3, 0.4) is 0 Å². The van der Waals surface area contributed by atoms with Crippen molar-refractivity contribution in [2.45, 2.75) is 19.3 Å². The summed E-state index contributed by atoms with van der Waals surface area (Å²) in [7, 11) is 1.76. The van der Waals surface area contributed by atoms with Crippen molar-refractivity contribution in [1.29, 1.82) is 0 Å². The van der Waals surface area contributed by atoms with Gasteiger partial charge in [0.15, 0.2) is 5.69 Å². The zero-order valence-electron chi connectivity index (χ0n) is 9.36. The maximum absolute atomic E-state index is 11.6. The molecule has 1 aliphatic carbocycles. The van der Waals surface area contributed by atoms with Gasteiger partial charge in [0.05, 0.1) is 0 Å². The molecule has 0 atom stereocenters. The molecular formula is C11H16N4O. The molecule has 1 aromatic heterocycles. The van der Waals surface area contributed by atoms with Gasteiger partial charge >= 0.3 is 0 Å². The SMILES string of the molecule is CNc1ccc(C(=O)NCCC2CC2)nn1. The van der Waals surface area contributed by atoms with Crippen LogP contribution in [0, 0.1) is 5.92 Å². The van der Waals surface area contributed by atoms with E-state index in [1.165, 1.54) is 12.8 Å². The second-order valence-electron chi connectivity index (χ2n) is 4.04.